The number of carbonyl (C=O) groups is 2. The van der Waals surface area contributed by atoms with Gasteiger partial charge in [-0.3, -0.25) is 14.6 Å². The van der Waals surface area contributed by atoms with Crippen LogP contribution in [-0.2, 0) is 4.79 Å². The molecule has 8 nitrogen and oxygen atoms in total. The molecule has 0 spiro atoms. The minimum absolute atomic E-state index is 0.0155. The number of aromatic nitrogens is 4. The van der Waals surface area contributed by atoms with E-state index in [2.05, 4.69) is 15.4 Å². The van der Waals surface area contributed by atoms with Gasteiger partial charge in [-0.05, 0) is 49.2 Å². The standard InChI is InChI=1S/C25H24N6O2/c32-23(28-20-8-12-26-13-9-20)19-10-16-30(17-11-19)25(33)22-18-27-31(21-6-2-1-3-7-21)24(22)29-14-4-5-15-29/h1-9,12-15,18-19H,10-11,16-17H2,(H,26,28,32). The Kier molecular flexibility index (Phi) is 5.72. The Morgan fingerprint density at radius 3 is 2.30 bits per heavy atom. The van der Waals surface area contributed by atoms with E-state index in [0.29, 0.717) is 37.3 Å². The van der Waals surface area contributed by atoms with Gasteiger partial charge in [0.05, 0.1) is 11.9 Å². The molecule has 4 heterocycles. The molecule has 0 radical (unpaired) electrons. The van der Waals surface area contributed by atoms with Gasteiger partial charge in [0.25, 0.3) is 5.91 Å². The van der Waals surface area contributed by atoms with Gasteiger partial charge >= 0.3 is 0 Å². The first kappa shape index (κ1) is 20.7. The SMILES string of the molecule is O=C(Nc1ccncc1)C1CCN(C(=O)c2cnn(-c3ccccc3)c2-n2cccc2)CC1. The lowest BCUT2D eigenvalue weighted by Gasteiger charge is -2.31. The first-order chi connectivity index (χ1) is 16.2. The normalized spacial score (nSPS) is 14.2. The number of amides is 2. The summed E-state index contributed by atoms with van der Waals surface area (Å²) < 4.78 is 3.68. The average Bonchev–Trinajstić information content (AvgIpc) is 3.55. The van der Waals surface area contributed by atoms with E-state index < -0.39 is 0 Å². The summed E-state index contributed by atoms with van der Waals surface area (Å²) in [6.45, 7) is 1.05. The molecule has 1 saturated heterocycles. The van der Waals surface area contributed by atoms with Crippen molar-refractivity contribution in [2.45, 2.75) is 12.8 Å². The number of hydrogen-bond donors (Lipinski definition) is 1. The quantitative estimate of drug-likeness (QED) is 0.514. The van der Waals surface area contributed by atoms with Gasteiger partial charge in [-0.1, -0.05) is 18.2 Å². The number of benzene rings is 1. The molecule has 3 aromatic heterocycles. The molecular formula is C25H24N6O2. The van der Waals surface area contributed by atoms with Crippen LogP contribution in [0.15, 0.2) is 85.6 Å². The van der Waals surface area contributed by atoms with Crippen molar-refractivity contribution in [2.75, 3.05) is 18.4 Å². The number of piperidine rings is 1. The third-order valence-electron chi connectivity index (χ3n) is 5.92. The summed E-state index contributed by atoms with van der Waals surface area (Å²) >= 11 is 0. The minimum Gasteiger partial charge on any atom is -0.338 e. The fourth-order valence-electron chi connectivity index (χ4n) is 4.17. The molecule has 1 aliphatic rings. The predicted molar refractivity (Wildman–Crippen MR) is 124 cm³/mol. The van der Waals surface area contributed by atoms with Crippen molar-refractivity contribution in [3.8, 4) is 11.5 Å². The Morgan fingerprint density at radius 1 is 0.909 bits per heavy atom. The molecule has 0 aliphatic carbocycles. The number of hydrogen-bond acceptors (Lipinski definition) is 4. The number of nitrogens with zero attached hydrogens (tertiary/aromatic N) is 5. The summed E-state index contributed by atoms with van der Waals surface area (Å²) in [4.78, 5) is 31.9. The number of pyridine rings is 1. The van der Waals surface area contributed by atoms with Gasteiger partial charge in [-0.2, -0.15) is 5.10 Å². The molecule has 1 aliphatic heterocycles. The molecular weight excluding hydrogens is 416 g/mol. The van der Waals surface area contributed by atoms with E-state index in [-0.39, 0.29) is 17.7 Å². The molecule has 0 unspecified atom stereocenters. The van der Waals surface area contributed by atoms with Gasteiger partial charge in [0.15, 0.2) is 5.82 Å². The van der Waals surface area contributed by atoms with Crippen molar-refractivity contribution in [2.24, 2.45) is 5.92 Å². The molecule has 33 heavy (non-hydrogen) atoms. The van der Waals surface area contributed by atoms with Crippen LogP contribution in [0, 0.1) is 5.92 Å². The number of anilines is 1. The highest BCUT2D eigenvalue weighted by atomic mass is 16.2. The highest BCUT2D eigenvalue weighted by Crippen LogP contribution is 2.25. The summed E-state index contributed by atoms with van der Waals surface area (Å²) in [5, 5.41) is 7.46. The lowest BCUT2D eigenvalue weighted by Crippen LogP contribution is -2.41. The predicted octanol–water partition coefficient (Wildman–Crippen LogP) is 3.55. The van der Waals surface area contributed by atoms with E-state index in [0.717, 1.165) is 11.4 Å². The largest absolute Gasteiger partial charge is 0.338 e. The topological polar surface area (TPSA) is 85.1 Å². The van der Waals surface area contributed by atoms with Crippen LogP contribution in [-0.4, -0.2) is 49.1 Å². The third kappa shape index (κ3) is 4.27. The van der Waals surface area contributed by atoms with Gasteiger partial charge in [-0.15, -0.1) is 0 Å². The van der Waals surface area contributed by atoms with E-state index in [1.165, 1.54) is 0 Å². The summed E-state index contributed by atoms with van der Waals surface area (Å²) in [7, 11) is 0. The smallest absolute Gasteiger partial charge is 0.259 e. The Labute approximate surface area is 191 Å². The maximum atomic E-state index is 13.5. The van der Waals surface area contributed by atoms with Gasteiger partial charge < -0.3 is 14.8 Å². The molecule has 0 saturated carbocycles. The number of nitrogens with one attached hydrogen (secondary N) is 1. The second kappa shape index (κ2) is 9.12. The Bertz CT molecular complexity index is 1230. The van der Waals surface area contributed by atoms with E-state index in [4.69, 9.17) is 0 Å². The summed E-state index contributed by atoms with van der Waals surface area (Å²) in [5.41, 5.74) is 2.15. The second-order valence-corrected chi connectivity index (χ2v) is 8.01. The van der Waals surface area contributed by atoms with E-state index in [9.17, 15) is 9.59 Å². The molecule has 2 amide bonds. The molecule has 1 fully saturated rings. The average molecular weight is 441 g/mol. The van der Waals surface area contributed by atoms with Crippen LogP contribution in [0.3, 0.4) is 0 Å². The zero-order chi connectivity index (χ0) is 22.6. The number of para-hydroxylation sites is 1. The molecule has 8 heteroatoms. The van der Waals surface area contributed by atoms with E-state index in [1.54, 1.807) is 35.4 Å². The van der Waals surface area contributed by atoms with Crippen molar-refractivity contribution in [3.05, 3.63) is 91.1 Å². The van der Waals surface area contributed by atoms with Crippen molar-refractivity contribution in [1.29, 1.82) is 0 Å². The van der Waals surface area contributed by atoms with Crippen LogP contribution in [0.4, 0.5) is 5.69 Å². The first-order valence-electron chi connectivity index (χ1n) is 11.0. The summed E-state index contributed by atoms with van der Waals surface area (Å²) in [6.07, 6.45) is 9.98. The van der Waals surface area contributed by atoms with Crippen LogP contribution in [0.1, 0.15) is 23.2 Å². The monoisotopic (exact) mass is 440 g/mol. The number of carbonyl (C=O) groups excluding carboxylic acids is 2. The van der Waals surface area contributed by atoms with Crippen LogP contribution >= 0.6 is 0 Å². The fourth-order valence-corrected chi connectivity index (χ4v) is 4.17. The zero-order valence-electron chi connectivity index (χ0n) is 18.0. The first-order valence-corrected chi connectivity index (χ1v) is 11.0. The Hall–Kier alpha value is -4.20. The van der Waals surface area contributed by atoms with Crippen LogP contribution in [0.25, 0.3) is 11.5 Å². The third-order valence-corrected chi connectivity index (χ3v) is 5.92. The van der Waals surface area contributed by atoms with Gasteiger partial charge in [0.1, 0.15) is 5.56 Å². The van der Waals surface area contributed by atoms with Crippen molar-refractivity contribution >= 4 is 17.5 Å². The van der Waals surface area contributed by atoms with Crippen LogP contribution < -0.4 is 5.32 Å². The van der Waals surface area contributed by atoms with Gasteiger partial charge in [0.2, 0.25) is 5.91 Å². The molecule has 166 valence electrons. The molecule has 0 atom stereocenters. The van der Waals surface area contributed by atoms with E-state index in [1.807, 2.05) is 64.3 Å². The molecule has 4 aromatic rings. The maximum Gasteiger partial charge on any atom is 0.259 e. The fraction of sp³-hybridized carbons (Fsp3) is 0.200. The summed E-state index contributed by atoms with van der Waals surface area (Å²) in [6, 6.07) is 17.1. The summed E-state index contributed by atoms with van der Waals surface area (Å²) in [5.74, 6) is 0.485. The molecule has 0 bridgehead atoms. The Morgan fingerprint density at radius 2 is 1.61 bits per heavy atom. The second-order valence-electron chi connectivity index (χ2n) is 8.01. The van der Waals surface area contributed by atoms with Crippen molar-refractivity contribution in [3.63, 3.8) is 0 Å². The van der Waals surface area contributed by atoms with Gasteiger partial charge in [-0.25, -0.2) is 4.68 Å². The lowest BCUT2D eigenvalue weighted by molar-refractivity contribution is -0.121. The lowest BCUT2D eigenvalue weighted by atomic mass is 9.95. The molecule has 1 aromatic carbocycles. The molecule has 5 rings (SSSR count). The minimum atomic E-state index is -0.127. The molecule has 1 N–H and O–H groups in total. The van der Waals surface area contributed by atoms with Gasteiger partial charge in [0, 0.05) is 49.5 Å². The van der Waals surface area contributed by atoms with Crippen LogP contribution in [0.5, 0.6) is 0 Å². The Balaban J connectivity index is 1.32. The highest BCUT2D eigenvalue weighted by Gasteiger charge is 2.30. The number of likely N-dealkylation sites (tertiary alicyclic amines) is 1. The maximum absolute atomic E-state index is 13.5. The van der Waals surface area contributed by atoms with E-state index >= 15 is 0 Å². The zero-order valence-corrected chi connectivity index (χ0v) is 18.0. The number of rotatable bonds is 5. The van der Waals surface area contributed by atoms with Crippen molar-refractivity contribution in [1.82, 2.24) is 24.2 Å². The highest BCUT2D eigenvalue weighted by molar-refractivity contribution is 5.98. The van der Waals surface area contributed by atoms with Crippen LogP contribution in [0.2, 0.25) is 0 Å². The van der Waals surface area contributed by atoms with Crippen molar-refractivity contribution < 1.29 is 9.59 Å².